The standard InChI is InChI=1S/C23H22N4O3/c1-27-20(28)23(26-21(27)25)13-22(8-3-9-29-14-22)30-19-7-6-17(11-18(19)23)16-5-2-4-15(10-16)12-24/h2,4-7,10-11H,3,8-9,13-14H2,1H3,(H2,25,26)/t22-,23+/m1/s1. The summed E-state index contributed by atoms with van der Waals surface area (Å²) in [5.41, 5.74) is 7.42. The Balaban J connectivity index is 1.68. The van der Waals surface area contributed by atoms with Gasteiger partial charge in [-0.3, -0.25) is 9.69 Å². The van der Waals surface area contributed by atoms with E-state index < -0.39 is 11.1 Å². The maximum absolute atomic E-state index is 13.4. The number of rotatable bonds is 1. The lowest BCUT2D eigenvalue weighted by molar-refractivity contribution is -0.139. The van der Waals surface area contributed by atoms with Gasteiger partial charge in [-0.05, 0) is 48.2 Å². The molecule has 0 unspecified atom stereocenters. The van der Waals surface area contributed by atoms with E-state index in [0.717, 1.165) is 24.0 Å². The van der Waals surface area contributed by atoms with E-state index in [1.807, 2.05) is 36.4 Å². The maximum Gasteiger partial charge on any atom is 0.261 e. The zero-order chi connectivity index (χ0) is 20.9. The van der Waals surface area contributed by atoms with Crippen molar-refractivity contribution in [2.45, 2.75) is 30.4 Å². The van der Waals surface area contributed by atoms with Gasteiger partial charge < -0.3 is 15.2 Å². The Bertz CT molecular complexity index is 1110. The molecule has 7 nitrogen and oxygen atoms in total. The third kappa shape index (κ3) is 2.68. The third-order valence-corrected chi connectivity index (χ3v) is 6.25. The number of amides is 1. The van der Waals surface area contributed by atoms with Crippen LogP contribution in [0.15, 0.2) is 47.5 Å². The average molecular weight is 402 g/mol. The summed E-state index contributed by atoms with van der Waals surface area (Å²) in [6, 6.07) is 15.3. The maximum atomic E-state index is 13.4. The number of fused-ring (bicyclic) bond motifs is 2. The number of likely N-dealkylation sites (N-methyl/N-ethyl adjacent to an activating group) is 1. The summed E-state index contributed by atoms with van der Waals surface area (Å²) in [6.07, 6.45) is 2.05. The molecule has 2 aromatic carbocycles. The molecule has 30 heavy (non-hydrogen) atoms. The second kappa shape index (κ2) is 6.57. The van der Waals surface area contributed by atoms with Gasteiger partial charge in [-0.2, -0.15) is 5.26 Å². The summed E-state index contributed by atoms with van der Waals surface area (Å²) in [5.74, 6) is 0.682. The summed E-state index contributed by atoms with van der Waals surface area (Å²) < 4.78 is 12.2. The Labute approximate surface area is 174 Å². The van der Waals surface area contributed by atoms with Gasteiger partial charge in [-0.15, -0.1) is 0 Å². The molecule has 3 aliphatic rings. The van der Waals surface area contributed by atoms with Crippen molar-refractivity contribution in [1.82, 2.24) is 4.90 Å². The predicted octanol–water partition coefficient (Wildman–Crippen LogP) is 2.54. The van der Waals surface area contributed by atoms with Crippen LogP contribution in [-0.4, -0.2) is 42.6 Å². The number of carbonyl (C=O) groups excluding carboxylic acids is 1. The number of nitrogens with two attached hydrogens (primary N) is 1. The van der Waals surface area contributed by atoms with Gasteiger partial charge in [0.1, 0.15) is 11.4 Å². The first-order valence-corrected chi connectivity index (χ1v) is 10.0. The topological polar surface area (TPSA) is 101 Å². The summed E-state index contributed by atoms with van der Waals surface area (Å²) >= 11 is 0. The number of nitrogens with zero attached hydrogens (tertiary/aromatic N) is 3. The highest BCUT2D eigenvalue weighted by Crippen LogP contribution is 2.51. The van der Waals surface area contributed by atoms with Gasteiger partial charge in [0, 0.05) is 25.6 Å². The summed E-state index contributed by atoms with van der Waals surface area (Å²) in [5, 5.41) is 9.24. The highest BCUT2D eigenvalue weighted by atomic mass is 16.5. The van der Waals surface area contributed by atoms with Gasteiger partial charge in [0.05, 0.1) is 18.2 Å². The second-order valence-electron chi connectivity index (χ2n) is 8.22. The van der Waals surface area contributed by atoms with Crippen molar-refractivity contribution in [1.29, 1.82) is 5.26 Å². The molecule has 2 spiro atoms. The summed E-state index contributed by atoms with van der Waals surface area (Å²) in [7, 11) is 1.65. The van der Waals surface area contributed by atoms with Crippen LogP contribution in [0.5, 0.6) is 5.75 Å². The molecule has 3 heterocycles. The number of benzene rings is 2. The molecule has 0 aromatic heterocycles. The van der Waals surface area contributed by atoms with E-state index in [1.54, 1.807) is 13.1 Å². The molecule has 0 bridgehead atoms. The lowest BCUT2D eigenvalue weighted by Crippen LogP contribution is -2.55. The van der Waals surface area contributed by atoms with Crippen LogP contribution in [-0.2, 0) is 15.1 Å². The molecular formula is C23H22N4O3. The second-order valence-corrected chi connectivity index (χ2v) is 8.22. The molecule has 0 saturated carbocycles. The van der Waals surface area contributed by atoms with Crippen LogP contribution >= 0.6 is 0 Å². The highest BCUT2D eigenvalue weighted by molar-refractivity contribution is 6.07. The van der Waals surface area contributed by atoms with Gasteiger partial charge in [0.15, 0.2) is 11.5 Å². The van der Waals surface area contributed by atoms with E-state index in [4.69, 9.17) is 15.2 Å². The van der Waals surface area contributed by atoms with Crippen LogP contribution < -0.4 is 10.5 Å². The van der Waals surface area contributed by atoms with Crippen molar-refractivity contribution < 1.29 is 14.3 Å². The first-order chi connectivity index (χ1) is 14.5. The smallest absolute Gasteiger partial charge is 0.261 e. The SMILES string of the molecule is CN1C(=O)[C@@]2(C[C@@]3(CCCOC3)Oc3ccc(-c4cccc(C#N)c4)cc32)N=C1N. The zero-order valence-corrected chi connectivity index (χ0v) is 16.7. The molecule has 2 atom stereocenters. The number of aliphatic imine (C=N–C) groups is 1. The van der Waals surface area contributed by atoms with E-state index in [0.29, 0.717) is 36.5 Å². The van der Waals surface area contributed by atoms with E-state index in [2.05, 4.69) is 11.1 Å². The number of ether oxygens (including phenoxy) is 2. The van der Waals surface area contributed by atoms with Gasteiger partial charge in [-0.1, -0.05) is 18.2 Å². The van der Waals surface area contributed by atoms with Crippen molar-refractivity contribution in [2.24, 2.45) is 10.7 Å². The molecule has 7 heteroatoms. The van der Waals surface area contributed by atoms with Gasteiger partial charge in [-0.25, -0.2) is 4.99 Å². The van der Waals surface area contributed by atoms with Crippen molar-refractivity contribution in [3.05, 3.63) is 53.6 Å². The first kappa shape index (κ1) is 18.6. The van der Waals surface area contributed by atoms with Crippen molar-refractivity contribution in [3.8, 4) is 22.9 Å². The third-order valence-electron chi connectivity index (χ3n) is 6.25. The fraction of sp³-hybridized carbons (Fsp3) is 0.348. The molecule has 0 aliphatic carbocycles. The fourth-order valence-electron chi connectivity index (χ4n) is 4.76. The predicted molar refractivity (Wildman–Crippen MR) is 111 cm³/mol. The largest absolute Gasteiger partial charge is 0.484 e. The molecule has 1 fully saturated rings. The summed E-state index contributed by atoms with van der Waals surface area (Å²) in [6.45, 7) is 1.12. The molecule has 1 saturated heterocycles. The molecule has 2 aromatic rings. The summed E-state index contributed by atoms with van der Waals surface area (Å²) in [4.78, 5) is 19.5. The van der Waals surface area contributed by atoms with Crippen LogP contribution in [0.1, 0.15) is 30.4 Å². The Hall–Kier alpha value is -3.37. The molecule has 5 rings (SSSR count). The van der Waals surface area contributed by atoms with E-state index in [-0.39, 0.29) is 11.9 Å². The minimum atomic E-state index is -1.13. The van der Waals surface area contributed by atoms with E-state index in [1.165, 1.54) is 4.90 Å². The van der Waals surface area contributed by atoms with Gasteiger partial charge in [0.2, 0.25) is 0 Å². The molecule has 152 valence electrons. The number of guanidine groups is 1. The number of hydrogen-bond acceptors (Lipinski definition) is 6. The lowest BCUT2D eigenvalue weighted by atomic mass is 9.74. The van der Waals surface area contributed by atoms with Gasteiger partial charge in [0.25, 0.3) is 5.91 Å². The minimum Gasteiger partial charge on any atom is -0.484 e. The lowest BCUT2D eigenvalue weighted by Gasteiger charge is -2.46. The van der Waals surface area contributed by atoms with E-state index >= 15 is 0 Å². The molecule has 0 radical (unpaired) electrons. The van der Waals surface area contributed by atoms with E-state index in [9.17, 15) is 10.1 Å². The molecule has 2 N–H and O–H groups in total. The number of hydrogen-bond donors (Lipinski definition) is 1. The number of carbonyl (C=O) groups is 1. The number of nitriles is 1. The van der Waals surface area contributed by atoms with Crippen LogP contribution in [0.2, 0.25) is 0 Å². The first-order valence-electron chi connectivity index (χ1n) is 10.0. The Morgan fingerprint density at radius 3 is 2.77 bits per heavy atom. The Morgan fingerprint density at radius 1 is 1.23 bits per heavy atom. The van der Waals surface area contributed by atoms with Crippen LogP contribution in [0, 0.1) is 11.3 Å². The Morgan fingerprint density at radius 2 is 2.07 bits per heavy atom. The Kier molecular flexibility index (Phi) is 4.09. The molecule has 3 aliphatic heterocycles. The average Bonchev–Trinajstić information content (AvgIpc) is 2.98. The normalized spacial score (nSPS) is 27.5. The zero-order valence-electron chi connectivity index (χ0n) is 16.7. The molecular weight excluding hydrogens is 380 g/mol. The van der Waals surface area contributed by atoms with Crippen LogP contribution in [0.3, 0.4) is 0 Å². The monoisotopic (exact) mass is 402 g/mol. The highest BCUT2D eigenvalue weighted by Gasteiger charge is 2.58. The van der Waals surface area contributed by atoms with Crippen molar-refractivity contribution in [2.75, 3.05) is 20.3 Å². The van der Waals surface area contributed by atoms with Crippen LogP contribution in [0.4, 0.5) is 0 Å². The fourth-order valence-corrected chi connectivity index (χ4v) is 4.76. The quantitative estimate of drug-likeness (QED) is 0.790. The van der Waals surface area contributed by atoms with Crippen LogP contribution in [0.25, 0.3) is 11.1 Å². The van der Waals surface area contributed by atoms with Crippen molar-refractivity contribution in [3.63, 3.8) is 0 Å². The molecule has 1 amide bonds. The van der Waals surface area contributed by atoms with Gasteiger partial charge >= 0.3 is 0 Å². The minimum absolute atomic E-state index is 0.155. The van der Waals surface area contributed by atoms with Crippen molar-refractivity contribution >= 4 is 11.9 Å².